The monoisotopic (exact) mass is 434 g/mol. The number of ether oxygens (including phenoxy) is 1. The number of furan rings is 1. The Hall–Kier alpha value is -4.40. The Morgan fingerprint density at radius 1 is 1.03 bits per heavy atom. The summed E-state index contributed by atoms with van der Waals surface area (Å²) in [4.78, 5) is 25.2. The highest BCUT2D eigenvalue weighted by atomic mass is 19.1. The first-order chi connectivity index (χ1) is 15.5. The lowest BCUT2D eigenvalue weighted by atomic mass is 10.3. The summed E-state index contributed by atoms with van der Waals surface area (Å²) in [6, 6.07) is 19.4. The zero-order chi connectivity index (χ0) is 22.5. The number of nitrogens with zero attached hydrogens (tertiary/aromatic N) is 2. The van der Waals surface area contributed by atoms with Gasteiger partial charge in [0.15, 0.2) is 11.9 Å². The van der Waals surface area contributed by atoms with Crippen LogP contribution in [0.5, 0.6) is 5.75 Å². The van der Waals surface area contributed by atoms with E-state index in [1.165, 1.54) is 42.1 Å². The van der Waals surface area contributed by atoms with Gasteiger partial charge in [0.2, 0.25) is 0 Å². The molecular formula is C23H19FN4O4. The molecule has 0 aliphatic rings. The Labute approximate surface area is 182 Å². The summed E-state index contributed by atoms with van der Waals surface area (Å²) in [5.74, 6) is -0.753. The Balaban J connectivity index is 1.47. The molecule has 0 bridgehead atoms. The van der Waals surface area contributed by atoms with Crippen LogP contribution in [0.15, 0.2) is 83.5 Å². The van der Waals surface area contributed by atoms with Crippen molar-refractivity contribution in [3.05, 3.63) is 90.6 Å². The zero-order valence-corrected chi connectivity index (χ0v) is 17.0. The van der Waals surface area contributed by atoms with Gasteiger partial charge in [-0.15, -0.1) is 0 Å². The molecule has 2 heterocycles. The molecule has 0 spiro atoms. The highest BCUT2D eigenvalue weighted by molar-refractivity contribution is 5.95. The maximum atomic E-state index is 13.0. The lowest BCUT2D eigenvalue weighted by molar-refractivity contribution is -0.128. The SMILES string of the molecule is CC(Oc1ccc(F)cc1)C(=O)NNC(=O)c1cc(-c2ccco2)nn1-c1ccccc1. The van der Waals surface area contributed by atoms with Crippen molar-refractivity contribution >= 4 is 11.8 Å². The van der Waals surface area contributed by atoms with E-state index >= 15 is 0 Å². The van der Waals surface area contributed by atoms with Crippen molar-refractivity contribution in [1.29, 1.82) is 0 Å². The van der Waals surface area contributed by atoms with Crippen molar-refractivity contribution in [2.75, 3.05) is 0 Å². The van der Waals surface area contributed by atoms with E-state index in [0.29, 0.717) is 22.9 Å². The average Bonchev–Trinajstić information content (AvgIpc) is 3.49. The molecule has 1 unspecified atom stereocenters. The van der Waals surface area contributed by atoms with Gasteiger partial charge in [-0.05, 0) is 55.5 Å². The third-order valence-electron chi connectivity index (χ3n) is 4.51. The van der Waals surface area contributed by atoms with Crippen molar-refractivity contribution in [3.8, 4) is 22.9 Å². The summed E-state index contributed by atoms with van der Waals surface area (Å²) in [5, 5.41) is 4.46. The van der Waals surface area contributed by atoms with Crippen molar-refractivity contribution in [3.63, 3.8) is 0 Å². The standard InChI is InChI=1S/C23H19FN4O4/c1-15(32-18-11-9-16(24)10-12-18)22(29)25-26-23(30)20-14-19(21-8-5-13-31-21)27-28(20)17-6-3-2-4-7-17/h2-15H,1H3,(H,25,29)(H,26,30). The Bertz CT molecular complexity index is 1200. The molecular weight excluding hydrogens is 415 g/mol. The molecule has 2 amide bonds. The number of carbonyl (C=O) groups excluding carboxylic acids is 2. The molecule has 9 heteroatoms. The quantitative estimate of drug-likeness (QED) is 0.453. The normalized spacial score (nSPS) is 11.6. The summed E-state index contributed by atoms with van der Waals surface area (Å²) in [6.07, 6.45) is 0.581. The van der Waals surface area contributed by atoms with Gasteiger partial charge in [-0.3, -0.25) is 20.4 Å². The molecule has 0 saturated carbocycles. The van der Waals surface area contributed by atoms with Gasteiger partial charge in [0.05, 0.1) is 12.0 Å². The van der Waals surface area contributed by atoms with Crippen LogP contribution in [0.3, 0.4) is 0 Å². The van der Waals surface area contributed by atoms with E-state index in [-0.39, 0.29) is 5.69 Å². The van der Waals surface area contributed by atoms with Gasteiger partial charge in [0, 0.05) is 6.07 Å². The largest absolute Gasteiger partial charge is 0.481 e. The Morgan fingerprint density at radius 3 is 2.47 bits per heavy atom. The van der Waals surface area contributed by atoms with E-state index in [4.69, 9.17) is 9.15 Å². The topological polar surface area (TPSA) is 98.4 Å². The number of aromatic nitrogens is 2. The van der Waals surface area contributed by atoms with Crippen LogP contribution in [0.25, 0.3) is 17.1 Å². The van der Waals surface area contributed by atoms with Gasteiger partial charge in [0.1, 0.15) is 23.0 Å². The van der Waals surface area contributed by atoms with Gasteiger partial charge < -0.3 is 9.15 Å². The fraction of sp³-hybridized carbons (Fsp3) is 0.0870. The number of amides is 2. The van der Waals surface area contributed by atoms with E-state index in [0.717, 1.165) is 0 Å². The first-order valence-electron chi connectivity index (χ1n) is 9.73. The van der Waals surface area contributed by atoms with E-state index < -0.39 is 23.7 Å². The van der Waals surface area contributed by atoms with E-state index in [2.05, 4.69) is 16.0 Å². The highest BCUT2D eigenvalue weighted by Gasteiger charge is 2.21. The molecule has 0 fully saturated rings. The Kier molecular flexibility index (Phi) is 5.98. The summed E-state index contributed by atoms with van der Waals surface area (Å²) < 4.78 is 25.3. The minimum absolute atomic E-state index is 0.190. The van der Waals surface area contributed by atoms with Gasteiger partial charge in [-0.2, -0.15) is 5.10 Å². The number of hydrogen-bond donors (Lipinski definition) is 2. The second-order valence-corrected chi connectivity index (χ2v) is 6.80. The second-order valence-electron chi connectivity index (χ2n) is 6.80. The van der Waals surface area contributed by atoms with Crippen LogP contribution < -0.4 is 15.6 Å². The van der Waals surface area contributed by atoms with Gasteiger partial charge in [-0.1, -0.05) is 18.2 Å². The van der Waals surface area contributed by atoms with Crippen molar-refractivity contribution in [1.82, 2.24) is 20.6 Å². The van der Waals surface area contributed by atoms with Crippen LogP contribution in [-0.2, 0) is 4.79 Å². The number of carbonyl (C=O) groups is 2. The molecule has 4 rings (SSSR count). The third kappa shape index (κ3) is 4.67. The third-order valence-corrected chi connectivity index (χ3v) is 4.51. The van der Waals surface area contributed by atoms with Crippen LogP contribution in [0, 0.1) is 5.82 Å². The fourth-order valence-electron chi connectivity index (χ4n) is 2.91. The lowest BCUT2D eigenvalue weighted by Gasteiger charge is -2.15. The minimum atomic E-state index is -0.932. The molecule has 0 aliphatic carbocycles. The number of hydrogen-bond acceptors (Lipinski definition) is 5. The van der Waals surface area contributed by atoms with Gasteiger partial charge >= 0.3 is 0 Å². The first-order valence-corrected chi connectivity index (χ1v) is 9.73. The predicted molar refractivity (Wildman–Crippen MR) is 113 cm³/mol. The average molecular weight is 434 g/mol. The molecule has 32 heavy (non-hydrogen) atoms. The first kappa shape index (κ1) is 20.9. The molecule has 0 radical (unpaired) electrons. The van der Waals surface area contributed by atoms with Crippen LogP contribution in [0.4, 0.5) is 4.39 Å². The molecule has 4 aromatic rings. The lowest BCUT2D eigenvalue weighted by Crippen LogP contribution is -2.47. The van der Waals surface area contributed by atoms with Crippen LogP contribution >= 0.6 is 0 Å². The molecule has 2 aromatic carbocycles. The predicted octanol–water partition coefficient (Wildman–Crippen LogP) is 3.50. The van der Waals surface area contributed by atoms with Crippen molar-refractivity contribution in [2.24, 2.45) is 0 Å². The number of nitrogens with one attached hydrogen (secondary N) is 2. The summed E-state index contributed by atoms with van der Waals surface area (Å²) in [6.45, 7) is 1.51. The van der Waals surface area contributed by atoms with Crippen molar-refractivity contribution < 1.29 is 23.1 Å². The van der Waals surface area contributed by atoms with Gasteiger partial charge in [0.25, 0.3) is 11.8 Å². The highest BCUT2D eigenvalue weighted by Crippen LogP contribution is 2.22. The molecule has 0 aliphatic heterocycles. The van der Waals surface area contributed by atoms with E-state index in [1.807, 2.05) is 18.2 Å². The van der Waals surface area contributed by atoms with E-state index in [1.54, 1.807) is 30.3 Å². The van der Waals surface area contributed by atoms with Crippen LogP contribution in [0.2, 0.25) is 0 Å². The number of para-hydroxylation sites is 1. The second kappa shape index (κ2) is 9.17. The number of hydrazine groups is 1. The fourth-order valence-corrected chi connectivity index (χ4v) is 2.91. The number of halogens is 1. The summed E-state index contributed by atoms with van der Waals surface area (Å²) >= 11 is 0. The molecule has 8 nitrogen and oxygen atoms in total. The molecule has 2 aromatic heterocycles. The maximum Gasteiger partial charge on any atom is 0.288 e. The smallest absolute Gasteiger partial charge is 0.288 e. The number of benzene rings is 2. The van der Waals surface area contributed by atoms with Crippen LogP contribution in [0.1, 0.15) is 17.4 Å². The maximum absolute atomic E-state index is 13.0. The molecule has 1 atom stereocenters. The van der Waals surface area contributed by atoms with Crippen molar-refractivity contribution in [2.45, 2.75) is 13.0 Å². The summed E-state index contributed by atoms with van der Waals surface area (Å²) in [7, 11) is 0. The van der Waals surface area contributed by atoms with Gasteiger partial charge in [-0.25, -0.2) is 9.07 Å². The molecule has 0 saturated heterocycles. The Morgan fingerprint density at radius 2 is 1.78 bits per heavy atom. The summed E-state index contributed by atoms with van der Waals surface area (Å²) in [5.41, 5.74) is 6.02. The number of rotatable bonds is 6. The molecule has 162 valence electrons. The zero-order valence-electron chi connectivity index (χ0n) is 17.0. The minimum Gasteiger partial charge on any atom is -0.481 e. The van der Waals surface area contributed by atoms with E-state index in [9.17, 15) is 14.0 Å². The molecule has 2 N–H and O–H groups in total. The van der Waals surface area contributed by atoms with Crippen LogP contribution in [-0.4, -0.2) is 27.7 Å².